The second-order valence-electron chi connectivity index (χ2n) is 2.04. The Hall–Kier alpha value is -1.32. The number of amides is 1. The minimum atomic E-state index is -0.241. The van der Waals surface area contributed by atoms with Gasteiger partial charge in [0.05, 0.1) is 6.26 Å². The van der Waals surface area contributed by atoms with Crippen molar-refractivity contribution in [2.75, 3.05) is 7.05 Å². The summed E-state index contributed by atoms with van der Waals surface area (Å²) >= 11 is 0. The van der Waals surface area contributed by atoms with Crippen molar-refractivity contribution in [2.24, 2.45) is 0 Å². The molecule has 1 amide bonds. The molecule has 0 aromatic carbocycles. The van der Waals surface area contributed by atoms with Crippen LogP contribution in [0.3, 0.4) is 0 Å². The van der Waals surface area contributed by atoms with E-state index in [-0.39, 0.29) is 11.9 Å². The summed E-state index contributed by atoms with van der Waals surface area (Å²) in [5.74, 6) is -0.148. The topological polar surface area (TPSA) is 55.4 Å². The van der Waals surface area contributed by atoms with Crippen molar-refractivity contribution in [3.63, 3.8) is 0 Å². The van der Waals surface area contributed by atoms with E-state index < -0.39 is 0 Å². The van der Waals surface area contributed by atoms with Crippen LogP contribution >= 0.6 is 0 Å². The quantitative estimate of drug-likeness (QED) is 0.534. The highest BCUT2D eigenvalue weighted by molar-refractivity contribution is 5.75. The molecule has 76 valence electrons. The Morgan fingerprint density at radius 2 is 1.92 bits per heavy atom. The summed E-state index contributed by atoms with van der Waals surface area (Å²) in [5, 5.41) is 2.48. The summed E-state index contributed by atoms with van der Waals surface area (Å²) in [6.45, 7) is 6.75. The lowest BCUT2D eigenvalue weighted by atomic mass is 10.5. The lowest BCUT2D eigenvalue weighted by Crippen LogP contribution is -2.15. The van der Waals surface area contributed by atoms with Crippen molar-refractivity contribution >= 4 is 11.9 Å². The van der Waals surface area contributed by atoms with Crippen LogP contribution in [0.1, 0.15) is 26.7 Å². The zero-order valence-corrected chi connectivity index (χ0v) is 8.42. The fraction of sp³-hybridized carbons (Fsp3) is 0.556. The van der Waals surface area contributed by atoms with Crippen LogP contribution in [0.5, 0.6) is 0 Å². The number of esters is 1. The highest BCUT2D eigenvalue weighted by Crippen LogP contribution is 1.81. The third-order valence-electron chi connectivity index (χ3n) is 1.10. The Bertz CT molecular complexity index is 160. The van der Waals surface area contributed by atoms with E-state index in [9.17, 15) is 9.59 Å². The summed E-state index contributed by atoms with van der Waals surface area (Å²) in [5.41, 5.74) is 0. The molecule has 0 aliphatic rings. The fourth-order valence-corrected chi connectivity index (χ4v) is 0.353. The van der Waals surface area contributed by atoms with Gasteiger partial charge in [0.1, 0.15) is 0 Å². The predicted octanol–water partition coefficient (Wildman–Crippen LogP) is 1.23. The second-order valence-corrected chi connectivity index (χ2v) is 2.04. The van der Waals surface area contributed by atoms with Crippen LogP contribution in [0, 0.1) is 0 Å². The van der Waals surface area contributed by atoms with Crippen LogP contribution in [0.2, 0.25) is 0 Å². The molecule has 0 aliphatic carbocycles. The Morgan fingerprint density at radius 3 is 2.00 bits per heavy atom. The van der Waals surface area contributed by atoms with Gasteiger partial charge in [0.25, 0.3) is 0 Å². The molecule has 0 aliphatic heterocycles. The van der Waals surface area contributed by atoms with Gasteiger partial charge in [-0.1, -0.05) is 20.4 Å². The first-order valence-electron chi connectivity index (χ1n) is 4.13. The van der Waals surface area contributed by atoms with Crippen LogP contribution in [0.25, 0.3) is 0 Å². The molecule has 13 heavy (non-hydrogen) atoms. The average molecular weight is 187 g/mol. The fourth-order valence-electron chi connectivity index (χ4n) is 0.353. The van der Waals surface area contributed by atoms with Gasteiger partial charge in [0.2, 0.25) is 5.91 Å². The molecule has 0 saturated heterocycles. The van der Waals surface area contributed by atoms with Crippen LogP contribution in [-0.2, 0) is 14.3 Å². The van der Waals surface area contributed by atoms with Gasteiger partial charge >= 0.3 is 5.97 Å². The molecule has 0 fully saturated rings. The third kappa shape index (κ3) is 13.6. The minimum absolute atomic E-state index is 0.0926. The van der Waals surface area contributed by atoms with Crippen molar-refractivity contribution in [2.45, 2.75) is 26.7 Å². The molecular formula is C9H17NO3. The van der Waals surface area contributed by atoms with E-state index in [2.05, 4.69) is 16.6 Å². The molecule has 0 spiro atoms. The molecule has 4 heteroatoms. The summed E-state index contributed by atoms with van der Waals surface area (Å²) in [6.07, 6.45) is 2.12. The summed E-state index contributed by atoms with van der Waals surface area (Å²) in [6, 6.07) is 0. The molecular weight excluding hydrogens is 170 g/mol. The number of hydrogen-bond donors (Lipinski definition) is 1. The third-order valence-corrected chi connectivity index (χ3v) is 1.10. The van der Waals surface area contributed by atoms with Gasteiger partial charge in [0, 0.05) is 19.9 Å². The summed E-state index contributed by atoms with van der Waals surface area (Å²) in [4.78, 5) is 20.2. The van der Waals surface area contributed by atoms with Crippen molar-refractivity contribution in [3.8, 4) is 0 Å². The average Bonchev–Trinajstić information content (AvgIpc) is 2.18. The summed E-state index contributed by atoms with van der Waals surface area (Å²) < 4.78 is 4.32. The SMILES string of the molecule is C=COC(=O)CC.CCC(=O)NC. The predicted molar refractivity (Wildman–Crippen MR) is 50.9 cm³/mol. The lowest BCUT2D eigenvalue weighted by molar-refractivity contribution is -0.137. The first kappa shape index (κ1) is 14.2. The maximum Gasteiger partial charge on any atom is 0.310 e. The van der Waals surface area contributed by atoms with E-state index in [1.54, 1.807) is 14.0 Å². The molecule has 0 unspecified atom stereocenters. The monoisotopic (exact) mass is 187 g/mol. The Labute approximate surface area is 79.0 Å². The standard InChI is InChI=1S/C5H8O2.C4H9NO/c1-3-5(6)7-4-2;1-3-4(6)5-2/h4H,2-3H2,1H3;3H2,1-2H3,(H,5,6). The molecule has 0 atom stereocenters. The maximum absolute atomic E-state index is 10.1. The molecule has 4 nitrogen and oxygen atoms in total. The first-order valence-corrected chi connectivity index (χ1v) is 4.13. The summed E-state index contributed by atoms with van der Waals surface area (Å²) in [7, 11) is 1.63. The molecule has 0 saturated carbocycles. The van der Waals surface area contributed by atoms with E-state index >= 15 is 0 Å². The van der Waals surface area contributed by atoms with E-state index in [4.69, 9.17) is 0 Å². The first-order chi connectivity index (χ1) is 6.12. The second kappa shape index (κ2) is 10.7. The molecule has 0 heterocycles. The molecule has 0 aromatic heterocycles. The normalized spacial score (nSPS) is 7.62. The largest absolute Gasteiger partial charge is 0.435 e. The van der Waals surface area contributed by atoms with Gasteiger partial charge in [-0.05, 0) is 0 Å². The van der Waals surface area contributed by atoms with Gasteiger partial charge in [-0.3, -0.25) is 9.59 Å². The van der Waals surface area contributed by atoms with Crippen LogP contribution < -0.4 is 5.32 Å². The van der Waals surface area contributed by atoms with Gasteiger partial charge in [-0.25, -0.2) is 0 Å². The van der Waals surface area contributed by atoms with Crippen molar-refractivity contribution in [1.82, 2.24) is 5.32 Å². The minimum Gasteiger partial charge on any atom is -0.435 e. The zero-order valence-electron chi connectivity index (χ0n) is 8.42. The van der Waals surface area contributed by atoms with Crippen LogP contribution in [0.15, 0.2) is 12.8 Å². The van der Waals surface area contributed by atoms with Crippen molar-refractivity contribution in [3.05, 3.63) is 12.8 Å². The van der Waals surface area contributed by atoms with Crippen molar-refractivity contribution < 1.29 is 14.3 Å². The number of nitrogens with one attached hydrogen (secondary N) is 1. The Balaban J connectivity index is 0. The number of rotatable bonds is 3. The smallest absolute Gasteiger partial charge is 0.310 e. The van der Waals surface area contributed by atoms with Gasteiger partial charge in [0.15, 0.2) is 0 Å². The van der Waals surface area contributed by atoms with E-state index in [1.807, 2.05) is 6.92 Å². The highest BCUT2D eigenvalue weighted by atomic mass is 16.5. The van der Waals surface area contributed by atoms with Gasteiger partial charge < -0.3 is 10.1 Å². The number of hydrogen-bond acceptors (Lipinski definition) is 3. The lowest BCUT2D eigenvalue weighted by Gasteiger charge is -1.88. The van der Waals surface area contributed by atoms with Gasteiger partial charge in [-0.15, -0.1) is 0 Å². The Kier molecular flexibility index (Phi) is 11.7. The Morgan fingerprint density at radius 1 is 1.38 bits per heavy atom. The maximum atomic E-state index is 10.1. The molecule has 0 radical (unpaired) electrons. The van der Waals surface area contributed by atoms with Crippen molar-refractivity contribution in [1.29, 1.82) is 0 Å². The zero-order chi connectivity index (χ0) is 10.7. The van der Waals surface area contributed by atoms with E-state index in [1.165, 1.54) is 0 Å². The number of carbonyl (C=O) groups excluding carboxylic acids is 2. The molecule has 1 N–H and O–H groups in total. The molecule has 0 aromatic rings. The van der Waals surface area contributed by atoms with Crippen LogP contribution in [-0.4, -0.2) is 18.9 Å². The van der Waals surface area contributed by atoms with E-state index in [0.717, 1.165) is 6.26 Å². The van der Waals surface area contributed by atoms with E-state index in [0.29, 0.717) is 12.8 Å². The molecule has 0 rings (SSSR count). The number of ether oxygens (including phenoxy) is 1. The van der Waals surface area contributed by atoms with Gasteiger partial charge in [-0.2, -0.15) is 0 Å². The highest BCUT2D eigenvalue weighted by Gasteiger charge is 1.89. The molecule has 0 bridgehead atoms. The van der Waals surface area contributed by atoms with Crippen LogP contribution in [0.4, 0.5) is 0 Å². The number of carbonyl (C=O) groups is 2.